The normalized spacial score (nSPS) is 33.2. The summed E-state index contributed by atoms with van der Waals surface area (Å²) in [7, 11) is 0. The molecular formula is C36H52O14. The van der Waals surface area contributed by atoms with E-state index in [2.05, 4.69) is 6.58 Å². The van der Waals surface area contributed by atoms with Crippen LogP contribution >= 0.6 is 0 Å². The predicted molar refractivity (Wildman–Crippen MR) is 176 cm³/mol. The minimum Gasteiger partial charge on any atom is -0.458 e. The maximum Gasteiger partial charge on any atom is 0.309 e. The number of carbonyl (C=O) groups excluding carboxylic acids is 7. The Morgan fingerprint density at radius 3 is 1.66 bits per heavy atom. The minimum atomic E-state index is -2.54. The van der Waals surface area contributed by atoms with Crippen molar-refractivity contribution >= 4 is 41.6 Å². The highest BCUT2D eigenvalue weighted by Gasteiger charge is 2.69. The molecule has 280 valence electrons. The molecule has 0 radical (unpaired) electrons. The van der Waals surface area contributed by atoms with Gasteiger partial charge in [-0.15, -0.1) is 0 Å². The zero-order valence-electron chi connectivity index (χ0n) is 31.0. The second kappa shape index (κ2) is 15.9. The van der Waals surface area contributed by atoms with Crippen LogP contribution in [0.15, 0.2) is 24.3 Å². The van der Waals surface area contributed by atoms with E-state index >= 15 is 0 Å². The van der Waals surface area contributed by atoms with Crippen LogP contribution in [0.2, 0.25) is 0 Å². The Morgan fingerprint density at radius 2 is 1.22 bits per heavy atom. The van der Waals surface area contributed by atoms with Crippen LogP contribution in [0.25, 0.3) is 0 Å². The standard InChI is InChI=1S/C36H52O14/c1-17(2)32(42)48-26-20(6)27(49-33(43)18(3)4)28(45-21(7)37)31(47-23(9)39)34(11,12)15-14-19(5)29(41)36(44)16-35(13,50-24(10)40)30(25(26)36)46-22(8)38/h14-15,17-19,25-28,30-31,44H,6,16H2,1-5,7-13H3/b15-14+/t19-,25-,26-,27-,28+,30+,31+,35+,36+/m0/s1. The lowest BCUT2D eigenvalue weighted by Gasteiger charge is -2.44. The topological polar surface area (TPSA) is 195 Å². The summed E-state index contributed by atoms with van der Waals surface area (Å²) >= 11 is 0. The third-order valence-corrected chi connectivity index (χ3v) is 8.84. The molecule has 0 aromatic rings. The van der Waals surface area contributed by atoms with E-state index in [1.54, 1.807) is 13.8 Å². The van der Waals surface area contributed by atoms with Crippen molar-refractivity contribution < 1.29 is 67.1 Å². The summed E-state index contributed by atoms with van der Waals surface area (Å²) in [6.07, 6.45) is -5.91. The van der Waals surface area contributed by atoms with Gasteiger partial charge in [0.25, 0.3) is 0 Å². The fourth-order valence-corrected chi connectivity index (χ4v) is 6.53. The van der Waals surface area contributed by atoms with E-state index < -0.39 is 119 Å². The van der Waals surface area contributed by atoms with Gasteiger partial charge in [-0.05, 0) is 6.92 Å². The van der Waals surface area contributed by atoms with Crippen molar-refractivity contribution in [2.24, 2.45) is 29.1 Å². The molecule has 2 aliphatic carbocycles. The lowest BCUT2D eigenvalue weighted by molar-refractivity contribution is -0.195. The molecule has 50 heavy (non-hydrogen) atoms. The van der Waals surface area contributed by atoms with Crippen LogP contribution in [0.3, 0.4) is 0 Å². The van der Waals surface area contributed by atoms with E-state index in [0.29, 0.717) is 0 Å². The van der Waals surface area contributed by atoms with Gasteiger partial charge in [0.2, 0.25) is 0 Å². The molecule has 0 aliphatic heterocycles. The number of ether oxygens (including phenoxy) is 6. The molecule has 1 fully saturated rings. The Kier molecular flexibility index (Phi) is 13.4. The summed E-state index contributed by atoms with van der Waals surface area (Å²) < 4.78 is 34.8. The average Bonchev–Trinajstić information content (AvgIpc) is 3.18. The highest BCUT2D eigenvalue weighted by Crippen LogP contribution is 2.52. The highest BCUT2D eigenvalue weighted by molar-refractivity contribution is 5.92. The number of allylic oxidation sites excluding steroid dienone is 1. The number of fused-ring (bicyclic) bond motifs is 1. The Hall–Kier alpha value is -4.07. The van der Waals surface area contributed by atoms with Crippen LogP contribution in [0.4, 0.5) is 0 Å². The molecule has 0 aromatic carbocycles. The van der Waals surface area contributed by atoms with Crippen molar-refractivity contribution in [2.75, 3.05) is 0 Å². The fraction of sp³-hybridized carbons (Fsp3) is 0.694. The molecule has 0 bridgehead atoms. The highest BCUT2D eigenvalue weighted by atomic mass is 16.6. The van der Waals surface area contributed by atoms with Crippen LogP contribution in [0.1, 0.15) is 89.5 Å². The first-order valence-electron chi connectivity index (χ1n) is 16.6. The molecule has 0 unspecified atom stereocenters. The first-order valence-corrected chi connectivity index (χ1v) is 16.6. The monoisotopic (exact) mass is 708 g/mol. The largest absolute Gasteiger partial charge is 0.458 e. The number of Topliss-reactive ketones (excluding diaryl/α,β-unsaturated/α-hetero) is 1. The Morgan fingerprint density at radius 1 is 0.760 bits per heavy atom. The van der Waals surface area contributed by atoms with Gasteiger partial charge >= 0.3 is 35.8 Å². The maximum absolute atomic E-state index is 14.5. The van der Waals surface area contributed by atoms with Gasteiger partial charge in [-0.2, -0.15) is 0 Å². The van der Waals surface area contributed by atoms with Crippen molar-refractivity contribution in [2.45, 2.75) is 131 Å². The number of rotatable bonds is 8. The number of hydrogen-bond donors (Lipinski definition) is 1. The molecule has 1 saturated carbocycles. The SMILES string of the molecule is C=C1[C@H](OC(=O)C(C)C)[C@@H](OC(C)=O)[C@@H](OC(C)=O)C(C)(C)/C=C/[C@H](C)C(=O)[C@@]2(O)C[C@@](C)(OC(C)=O)[C@H](OC(C)=O)[C@@H]2[C@H]1OC(=O)C(C)C. The lowest BCUT2D eigenvalue weighted by Crippen LogP contribution is -2.58. The summed E-state index contributed by atoms with van der Waals surface area (Å²) in [4.78, 5) is 91.6. The predicted octanol–water partition coefficient (Wildman–Crippen LogP) is 3.35. The molecule has 2 aliphatic rings. The zero-order chi connectivity index (χ0) is 38.7. The second-order valence-electron chi connectivity index (χ2n) is 14.6. The Bertz CT molecular complexity index is 1410. The fourth-order valence-electron chi connectivity index (χ4n) is 6.53. The molecule has 14 heteroatoms. The van der Waals surface area contributed by atoms with Gasteiger partial charge in [0.05, 0.1) is 17.8 Å². The maximum atomic E-state index is 14.5. The zero-order valence-corrected chi connectivity index (χ0v) is 31.0. The van der Waals surface area contributed by atoms with Gasteiger partial charge in [0, 0.05) is 51.0 Å². The molecule has 0 saturated heterocycles. The molecule has 0 aromatic heterocycles. The number of ketones is 1. The van der Waals surface area contributed by atoms with Gasteiger partial charge in [0.15, 0.2) is 30.2 Å². The molecule has 2 rings (SSSR count). The van der Waals surface area contributed by atoms with Gasteiger partial charge in [-0.3, -0.25) is 33.6 Å². The van der Waals surface area contributed by atoms with Crippen LogP contribution < -0.4 is 0 Å². The van der Waals surface area contributed by atoms with E-state index in [-0.39, 0.29) is 5.57 Å². The molecule has 1 N–H and O–H groups in total. The Balaban J connectivity index is 3.22. The first-order chi connectivity index (χ1) is 22.8. The van der Waals surface area contributed by atoms with Gasteiger partial charge < -0.3 is 33.5 Å². The lowest BCUT2D eigenvalue weighted by atomic mass is 9.72. The molecule has 0 spiro atoms. The quantitative estimate of drug-likeness (QED) is 0.219. The minimum absolute atomic E-state index is 0.315. The summed E-state index contributed by atoms with van der Waals surface area (Å²) in [6, 6.07) is 0. The van der Waals surface area contributed by atoms with E-state index in [9.17, 15) is 38.7 Å². The smallest absolute Gasteiger partial charge is 0.309 e. The van der Waals surface area contributed by atoms with E-state index in [1.165, 1.54) is 53.7 Å². The molecular weight excluding hydrogens is 656 g/mol. The van der Waals surface area contributed by atoms with Crippen molar-refractivity contribution in [1.29, 1.82) is 0 Å². The average molecular weight is 709 g/mol. The van der Waals surface area contributed by atoms with Crippen LogP contribution in [-0.4, -0.2) is 88.4 Å². The number of hydrogen-bond acceptors (Lipinski definition) is 14. The van der Waals surface area contributed by atoms with E-state index in [4.69, 9.17) is 28.4 Å². The Labute approximate surface area is 293 Å². The number of aliphatic hydroxyl groups is 1. The van der Waals surface area contributed by atoms with Crippen molar-refractivity contribution in [3.8, 4) is 0 Å². The summed E-state index contributed by atoms with van der Waals surface area (Å²) in [5, 5.41) is 12.6. The third-order valence-electron chi connectivity index (χ3n) is 8.84. The van der Waals surface area contributed by atoms with Crippen LogP contribution in [0, 0.1) is 29.1 Å². The molecule has 0 amide bonds. The third kappa shape index (κ3) is 9.37. The summed E-state index contributed by atoms with van der Waals surface area (Å²) in [6.45, 7) is 20.7. The van der Waals surface area contributed by atoms with E-state index in [0.717, 1.165) is 27.7 Å². The van der Waals surface area contributed by atoms with Gasteiger partial charge in [-0.1, -0.05) is 67.2 Å². The summed E-state index contributed by atoms with van der Waals surface area (Å²) in [5.41, 5.74) is -5.97. The van der Waals surface area contributed by atoms with E-state index in [1.807, 2.05) is 0 Å². The van der Waals surface area contributed by atoms with Crippen LogP contribution in [-0.2, 0) is 62.0 Å². The van der Waals surface area contributed by atoms with Gasteiger partial charge in [0.1, 0.15) is 17.3 Å². The molecule has 0 heterocycles. The van der Waals surface area contributed by atoms with Crippen molar-refractivity contribution in [3.05, 3.63) is 24.3 Å². The van der Waals surface area contributed by atoms with Gasteiger partial charge in [-0.25, -0.2) is 0 Å². The molecule has 14 nitrogen and oxygen atoms in total. The number of carbonyl (C=O) groups is 7. The molecule has 9 atom stereocenters. The van der Waals surface area contributed by atoms with Crippen LogP contribution in [0.5, 0.6) is 0 Å². The number of esters is 6. The van der Waals surface area contributed by atoms with Crippen molar-refractivity contribution in [1.82, 2.24) is 0 Å². The second-order valence-corrected chi connectivity index (χ2v) is 14.6. The van der Waals surface area contributed by atoms with Crippen molar-refractivity contribution in [3.63, 3.8) is 0 Å². The summed E-state index contributed by atoms with van der Waals surface area (Å²) in [5.74, 6) is -10.2. The first kappa shape index (κ1) is 42.1.